The van der Waals surface area contributed by atoms with Gasteiger partial charge in [0.05, 0.1) is 17.2 Å². The molecule has 0 radical (unpaired) electrons. The number of aryl methyl sites for hydroxylation is 2. The van der Waals surface area contributed by atoms with Gasteiger partial charge in [0.25, 0.3) is 0 Å². The predicted octanol–water partition coefficient (Wildman–Crippen LogP) is 3.77. The van der Waals surface area contributed by atoms with E-state index in [1.165, 1.54) is 6.07 Å². The number of thiazole rings is 1. The molecule has 0 saturated carbocycles. The standard InChI is InChI=1S/C13H15FN2S/c1-3-13-16-11(8-17-13)7-15-10-5-4-9(2)12(14)6-10/h4-6,8,15H,3,7H2,1-2H3. The summed E-state index contributed by atoms with van der Waals surface area (Å²) < 4.78 is 13.3. The zero-order chi connectivity index (χ0) is 12.3. The second-order valence-corrected chi connectivity index (χ2v) is 4.85. The maximum atomic E-state index is 13.3. The topological polar surface area (TPSA) is 24.9 Å². The van der Waals surface area contributed by atoms with Crippen molar-refractivity contribution >= 4 is 17.0 Å². The van der Waals surface area contributed by atoms with Gasteiger partial charge in [-0.2, -0.15) is 0 Å². The molecule has 0 fully saturated rings. The molecule has 2 rings (SSSR count). The van der Waals surface area contributed by atoms with Gasteiger partial charge >= 0.3 is 0 Å². The van der Waals surface area contributed by atoms with Crippen LogP contribution in [0, 0.1) is 12.7 Å². The first-order valence-corrected chi connectivity index (χ1v) is 6.50. The van der Waals surface area contributed by atoms with Crippen molar-refractivity contribution in [1.82, 2.24) is 4.98 Å². The summed E-state index contributed by atoms with van der Waals surface area (Å²) in [5.74, 6) is -0.178. The fourth-order valence-corrected chi connectivity index (χ4v) is 2.23. The summed E-state index contributed by atoms with van der Waals surface area (Å²) in [6.07, 6.45) is 0.962. The van der Waals surface area contributed by atoms with Crippen LogP contribution in [0.4, 0.5) is 10.1 Å². The van der Waals surface area contributed by atoms with Crippen molar-refractivity contribution in [3.63, 3.8) is 0 Å². The Bertz CT molecular complexity index is 508. The molecule has 2 nitrogen and oxygen atoms in total. The van der Waals surface area contributed by atoms with Gasteiger partial charge in [-0.25, -0.2) is 9.37 Å². The van der Waals surface area contributed by atoms with Gasteiger partial charge < -0.3 is 5.32 Å². The molecule has 0 spiro atoms. The highest BCUT2D eigenvalue weighted by atomic mass is 32.1. The van der Waals surface area contributed by atoms with Crippen LogP contribution in [-0.4, -0.2) is 4.98 Å². The molecular weight excluding hydrogens is 235 g/mol. The smallest absolute Gasteiger partial charge is 0.128 e. The lowest BCUT2D eigenvalue weighted by Gasteiger charge is -2.05. The number of anilines is 1. The molecule has 0 atom stereocenters. The Morgan fingerprint density at radius 3 is 2.88 bits per heavy atom. The largest absolute Gasteiger partial charge is 0.379 e. The van der Waals surface area contributed by atoms with Crippen LogP contribution in [0.5, 0.6) is 0 Å². The third-order valence-electron chi connectivity index (χ3n) is 2.55. The van der Waals surface area contributed by atoms with E-state index in [1.807, 2.05) is 11.4 Å². The minimum Gasteiger partial charge on any atom is -0.379 e. The number of rotatable bonds is 4. The van der Waals surface area contributed by atoms with Gasteiger partial charge in [0.2, 0.25) is 0 Å². The molecule has 0 aliphatic carbocycles. The molecule has 17 heavy (non-hydrogen) atoms. The molecule has 1 heterocycles. The van der Waals surface area contributed by atoms with E-state index in [4.69, 9.17) is 0 Å². The molecule has 2 aromatic rings. The van der Waals surface area contributed by atoms with E-state index in [0.717, 1.165) is 22.8 Å². The first-order chi connectivity index (χ1) is 8.19. The number of halogens is 1. The minimum atomic E-state index is -0.178. The summed E-state index contributed by atoms with van der Waals surface area (Å²) in [5, 5.41) is 6.34. The molecule has 0 saturated heterocycles. The van der Waals surface area contributed by atoms with Gasteiger partial charge in [0.1, 0.15) is 5.82 Å². The van der Waals surface area contributed by atoms with Crippen LogP contribution in [0.25, 0.3) is 0 Å². The van der Waals surface area contributed by atoms with E-state index >= 15 is 0 Å². The van der Waals surface area contributed by atoms with Crippen LogP contribution in [0.15, 0.2) is 23.6 Å². The Kier molecular flexibility index (Phi) is 3.74. The van der Waals surface area contributed by atoms with Crippen LogP contribution in [0.1, 0.15) is 23.2 Å². The second-order valence-electron chi connectivity index (χ2n) is 3.90. The summed E-state index contributed by atoms with van der Waals surface area (Å²) in [4.78, 5) is 4.45. The average molecular weight is 250 g/mol. The third kappa shape index (κ3) is 3.03. The molecule has 0 bridgehead atoms. The van der Waals surface area contributed by atoms with E-state index in [0.29, 0.717) is 12.1 Å². The van der Waals surface area contributed by atoms with Crippen LogP contribution in [0.2, 0.25) is 0 Å². The average Bonchev–Trinajstić information content (AvgIpc) is 2.79. The summed E-state index contributed by atoms with van der Waals surface area (Å²) >= 11 is 1.67. The fraction of sp³-hybridized carbons (Fsp3) is 0.308. The van der Waals surface area contributed by atoms with E-state index in [-0.39, 0.29) is 5.82 Å². The Morgan fingerprint density at radius 1 is 1.41 bits per heavy atom. The second kappa shape index (κ2) is 5.27. The predicted molar refractivity (Wildman–Crippen MR) is 70.0 cm³/mol. The summed E-state index contributed by atoms with van der Waals surface area (Å²) in [6.45, 7) is 4.48. The third-order valence-corrected chi connectivity index (χ3v) is 3.59. The Labute approximate surface area is 105 Å². The highest BCUT2D eigenvalue weighted by molar-refractivity contribution is 7.09. The molecule has 1 aromatic heterocycles. The summed E-state index contributed by atoms with van der Waals surface area (Å²) in [6, 6.07) is 5.17. The van der Waals surface area contributed by atoms with Crippen molar-refractivity contribution < 1.29 is 4.39 Å². The van der Waals surface area contributed by atoms with Crippen molar-refractivity contribution in [2.45, 2.75) is 26.8 Å². The molecule has 1 N–H and O–H groups in total. The van der Waals surface area contributed by atoms with E-state index in [1.54, 1.807) is 24.3 Å². The Balaban J connectivity index is 1.99. The Hall–Kier alpha value is -1.42. The van der Waals surface area contributed by atoms with E-state index in [2.05, 4.69) is 17.2 Å². The van der Waals surface area contributed by atoms with Gasteiger partial charge in [0, 0.05) is 11.1 Å². The SMILES string of the molecule is CCc1nc(CNc2ccc(C)c(F)c2)cs1. The van der Waals surface area contributed by atoms with Crippen LogP contribution in [-0.2, 0) is 13.0 Å². The maximum Gasteiger partial charge on any atom is 0.128 e. The van der Waals surface area contributed by atoms with Crippen LogP contribution >= 0.6 is 11.3 Å². The van der Waals surface area contributed by atoms with Gasteiger partial charge in [0.15, 0.2) is 0 Å². The normalized spacial score (nSPS) is 10.5. The molecule has 0 aliphatic heterocycles. The first kappa shape index (κ1) is 12.0. The number of hydrogen-bond acceptors (Lipinski definition) is 3. The van der Waals surface area contributed by atoms with E-state index in [9.17, 15) is 4.39 Å². The zero-order valence-corrected chi connectivity index (χ0v) is 10.8. The van der Waals surface area contributed by atoms with Crippen molar-refractivity contribution in [1.29, 1.82) is 0 Å². The first-order valence-electron chi connectivity index (χ1n) is 5.62. The lowest BCUT2D eigenvalue weighted by molar-refractivity contribution is 0.619. The summed E-state index contributed by atoms with van der Waals surface area (Å²) in [7, 11) is 0. The molecule has 1 aromatic carbocycles. The van der Waals surface area contributed by atoms with Crippen molar-refractivity contribution in [2.75, 3.05) is 5.32 Å². The number of nitrogens with zero attached hydrogens (tertiary/aromatic N) is 1. The maximum absolute atomic E-state index is 13.3. The fourth-order valence-electron chi connectivity index (χ4n) is 1.49. The molecule has 0 unspecified atom stereocenters. The van der Waals surface area contributed by atoms with Crippen molar-refractivity contribution in [2.24, 2.45) is 0 Å². The van der Waals surface area contributed by atoms with Crippen LogP contribution < -0.4 is 5.32 Å². The number of benzene rings is 1. The monoisotopic (exact) mass is 250 g/mol. The number of hydrogen-bond donors (Lipinski definition) is 1. The molecule has 90 valence electrons. The molecule has 0 aliphatic rings. The van der Waals surface area contributed by atoms with Crippen molar-refractivity contribution in [3.05, 3.63) is 45.7 Å². The summed E-state index contributed by atoms with van der Waals surface area (Å²) in [5.41, 5.74) is 2.46. The quantitative estimate of drug-likeness (QED) is 0.893. The lowest BCUT2D eigenvalue weighted by atomic mass is 10.2. The minimum absolute atomic E-state index is 0.178. The van der Waals surface area contributed by atoms with Gasteiger partial charge in [-0.3, -0.25) is 0 Å². The van der Waals surface area contributed by atoms with Gasteiger partial charge in [-0.15, -0.1) is 11.3 Å². The highest BCUT2D eigenvalue weighted by Gasteiger charge is 2.02. The lowest BCUT2D eigenvalue weighted by Crippen LogP contribution is -2.00. The zero-order valence-electron chi connectivity index (χ0n) is 9.96. The molecular formula is C13H15FN2S. The highest BCUT2D eigenvalue weighted by Crippen LogP contribution is 2.16. The number of nitrogens with one attached hydrogen (secondary N) is 1. The Morgan fingerprint density at radius 2 is 2.24 bits per heavy atom. The van der Waals surface area contributed by atoms with E-state index < -0.39 is 0 Å². The van der Waals surface area contributed by atoms with Crippen molar-refractivity contribution in [3.8, 4) is 0 Å². The van der Waals surface area contributed by atoms with Gasteiger partial charge in [-0.05, 0) is 31.0 Å². The molecule has 4 heteroatoms. The molecule has 0 amide bonds. The van der Waals surface area contributed by atoms with Gasteiger partial charge in [-0.1, -0.05) is 13.0 Å². The van der Waals surface area contributed by atoms with Crippen LogP contribution in [0.3, 0.4) is 0 Å². The number of aromatic nitrogens is 1.